The molecule has 0 radical (unpaired) electrons. The Morgan fingerprint density at radius 3 is 2.75 bits per heavy atom. The van der Waals surface area contributed by atoms with Crippen LogP contribution in [0.25, 0.3) is 0 Å². The third kappa shape index (κ3) is 3.60. The second-order valence-corrected chi connectivity index (χ2v) is 6.64. The Balaban J connectivity index is 2.08. The maximum Gasteiger partial charge on any atom is 0.253 e. The molecule has 1 aromatic rings. The maximum absolute atomic E-state index is 12.2. The van der Waals surface area contributed by atoms with Crippen LogP contribution >= 0.6 is 0 Å². The van der Waals surface area contributed by atoms with E-state index in [4.69, 9.17) is 0 Å². The number of rotatable bonds is 5. The number of carbonyl (C=O) groups is 1. The monoisotopic (exact) mass is 294 g/mol. The number of benzene rings is 1. The summed E-state index contributed by atoms with van der Waals surface area (Å²) in [7, 11) is -3.16. The van der Waals surface area contributed by atoms with Crippen LogP contribution in [-0.2, 0) is 9.84 Å². The highest BCUT2D eigenvalue weighted by molar-refractivity contribution is 7.94. The van der Waals surface area contributed by atoms with Gasteiger partial charge in [-0.15, -0.1) is 0 Å². The molecule has 1 atom stereocenters. The Morgan fingerprint density at radius 2 is 2.10 bits per heavy atom. The fourth-order valence-corrected chi connectivity index (χ4v) is 3.24. The van der Waals surface area contributed by atoms with Gasteiger partial charge in [-0.05, 0) is 24.6 Å². The lowest BCUT2D eigenvalue weighted by atomic mass is 10.1. The number of hydrogen-bond acceptors (Lipinski definition) is 4. The number of sulfone groups is 1. The van der Waals surface area contributed by atoms with E-state index in [1.54, 1.807) is 12.1 Å². The largest absolute Gasteiger partial charge is 0.384 e. The van der Waals surface area contributed by atoms with E-state index in [1.165, 1.54) is 6.08 Å². The van der Waals surface area contributed by atoms with Crippen molar-refractivity contribution in [1.29, 1.82) is 0 Å². The van der Waals surface area contributed by atoms with Gasteiger partial charge >= 0.3 is 0 Å². The van der Waals surface area contributed by atoms with Crippen LogP contribution in [-0.4, -0.2) is 32.7 Å². The minimum Gasteiger partial charge on any atom is -0.384 e. The van der Waals surface area contributed by atoms with Crippen LogP contribution in [0.4, 0.5) is 5.69 Å². The summed E-state index contributed by atoms with van der Waals surface area (Å²) >= 11 is 0. The van der Waals surface area contributed by atoms with Crippen molar-refractivity contribution >= 4 is 21.4 Å². The zero-order valence-electron chi connectivity index (χ0n) is 11.3. The molecule has 1 aliphatic heterocycles. The van der Waals surface area contributed by atoms with E-state index in [1.807, 2.05) is 19.1 Å². The van der Waals surface area contributed by atoms with Gasteiger partial charge in [-0.2, -0.15) is 0 Å². The third-order valence-electron chi connectivity index (χ3n) is 2.98. The summed E-state index contributed by atoms with van der Waals surface area (Å²) in [6.07, 6.45) is 2.47. The van der Waals surface area contributed by atoms with Crippen molar-refractivity contribution in [2.45, 2.75) is 19.4 Å². The summed E-state index contributed by atoms with van der Waals surface area (Å²) in [5.74, 6) is -0.334. The fourth-order valence-electron chi connectivity index (χ4n) is 2.01. The Morgan fingerprint density at radius 1 is 1.35 bits per heavy atom. The van der Waals surface area contributed by atoms with Crippen molar-refractivity contribution in [2.24, 2.45) is 0 Å². The van der Waals surface area contributed by atoms with Crippen molar-refractivity contribution in [2.75, 3.05) is 17.6 Å². The molecule has 1 heterocycles. The zero-order chi connectivity index (χ0) is 14.6. The van der Waals surface area contributed by atoms with E-state index >= 15 is 0 Å². The van der Waals surface area contributed by atoms with E-state index in [9.17, 15) is 13.2 Å². The van der Waals surface area contributed by atoms with Gasteiger partial charge in [0.15, 0.2) is 9.84 Å². The molecule has 1 aromatic carbocycles. The van der Waals surface area contributed by atoms with Gasteiger partial charge < -0.3 is 10.6 Å². The van der Waals surface area contributed by atoms with Crippen LogP contribution in [0.15, 0.2) is 35.7 Å². The Labute approximate surface area is 119 Å². The molecule has 2 N–H and O–H groups in total. The summed E-state index contributed by atoms with van der Waals surface area (Å²) in [5.41, 5.74) is 1.29. The first-order chi connectivity index (χ1) is 9.52. The molecule has 1 amide bonds. The summed E-state index contributed by atoms with van der Waals surface area (Å²) in [5, 5.41) is 7.06. The topological polar surface area (TPSA) is 75.3 Å². The average Bonchev–Trinajstić information content (AvgIpc) is 2.76. The molecule has 0 spiro atoms. The normalized spacial score (nSPS) is 19.8. The van der Waals surface area contributed by atoms with Crippen molar-refractivity contribution in [3.05, 3.63) is 41.3 Å². The smallest absolute Gasteiger partial charge is 0.253 e. The van der Waals surface area contributed by atoms with Gasteiger partial charge in [0.05, 0.1) is 17.4 Å². The van der Waals surface area contributed by atoms with Crippen LogP contribution in [0.3, 0.4) is 0 Å². The lowest BCUT2D eigenvalue weighted by molar-refractivity contribution is 0.0948. The van der Waals surface area contributed by atoms with Crippen LogP contribution in [0.2, 0.25) is 0 Å². The molecule has 0 aromatic heterocycles. The first-order valence-electron chi connectivity index (χ1n) is 6.56. The van der Waals surface area contributed by atoms with Gasteiger partial charge in [0.2, 0.25) is 0 Å². The van der Waals surface area contributed by atoms with E-state index < -0.39 is 15.9 Å². The van der Waals surface area contributed by atoms with Gasteiger partial charge in [0, 0.05) is 17.6 Å². The molecule has 6 heteroatoms. The van der Waals surface area contributed by atoms with Crippen LogP contribution in [0.5, 0.6) is 0 Å². The minimum absolute atomic E-state index is 0.0662. The highest BCUT2D eigenvalue weighted by Gasteiger charge is 2.24. The molecule has 1 aliphatic rings. The number of anilines is 1. The Bertz CT molecular complexity index is 623. The lowest BCUT2D eigenvalue weighted by Crippen LogP contribution is -2.35. The molecule has 108 valence electrons. The lowest BCUT2D eigenvalue weighted by Gasteiger charge is -2.14. The second-order valence-electron chi connectivity index (χ2n) is 4.71. The maximum atomic E-state index is 12.2. The van der Waals surface area contributed by atoms with Gasteiger partial charge in [-0.25, -0.2) is 8.42 Å². The predicted octanol–water partition coefficient (Wildman–Crippen LogP) is 1.55. The number of carbonyl (C=O) groups excluding carboxylic acids is 1. The van der Waals surface area contributed by atoms with Crippen LogP contribution < -0.4 is 10.6 Å². The van der Waals surface area contributed by atoms with Gasteiger partial charge in [0.1, 0.15) is 0 Å². The highest BCUT2D eigenvalue weighted by atomic mass is 32.2. The van der Waals surface area contributed by atoms with E-state index in [-0.39, 0.29) is 11.7 Å². The van der Waals surface area contributed by atoms with Crippen LogP contribution in [0.1, 0.15) is 23.7 Å². The molecular formula is C14H18N2O3S. The molecule has 5 nitrogen and oxygen atoms in total. The zero-order valence-corrected chi connectivity index (χ0v) is 12.1. The molecule has 2 rings (SSSR count). The van der Waals surface area contributed by atoms with E-state index in [0.717, 1.165) is 24.1 Å². The Kier molecular flexibility index (Phi) is 4.44. The quantitative estimate of drug-likeness (QED) is 0.864. The summed E-state index contributed by atoms with van der Waals surface area (Å²) in [4.78, 5) is 12.2. The first-order valence-corrected chi connectivity index (χ1v) is 8.28. The Hall–Kier alpha value is -1.82. The van der Waals surface area contributed by atoms with Gasteiger partial charge in [-0.1, -0.05) is 19.1 Å². The first kappa shape index (κ1) is 14.6. The average molecular weight is 294 g/mol. The molecule has 20 heavy (non-hydrogen) atoms. The molecule has 0 saturated heterocycles. The number of nitrogens with one attached hydrogen (secondary N) is 2. The minimum atomic E-state index is -3.16. The molecular weight excluding hydrogens is 276 g/mol. The molecule has 0 bridgehead atoms. The predicted molar refractivity (Wildman–Crippen MR) is 79.4 cm³/mol. The number of para-hydroxylation sites is 1. The summed E-state index contributed by atoms with van der Waals surface area (Å²) in [6, 6.07) is 6.75. The standard InChI is InChI=1S/C14H18N2O3S/c1-2-8-15-13-6-4-3-5-12(13)14(17)16-11-7-9-20(18,19)10-11/h3-7,9,11,15H,2,8,10H2,1H3,(H,16,17). The highest BCUT2D eigenvalue weighted by Crippen LogP contribution is 2.16. The molecule has 0 aliphatic carbocycles. The van der Waals surface area contributed by atoms with Crippen molar-refractivity contribution in [3.63, 3.8) is 0 Å². The SMILES string of the molecule is CCCNc1ccccc1C(=O)NC1C=CS(=O)(=O)C1. The summed E-state index contributed by atoms with van der Waals surface area (Å²) in [6.45, 7) is 2.83. The number of amides is 1. The van der Waals surface area contributed by atoms with Crippen molar-refractivity contribution in [1.82, 2.24) is 5.32 Å². The van der Waals surface area contributed by atoms with Gasteiger partial charge in [0.25, 0.3) is 5.91 Å². The third-order valence-corrected chi connectivity index (χ3v) is 4.38. The molecule has 1 unspecified atom stereocenters. The van der Waals surface area contributed by atoms with Crippen molar-refractivity contribution < 1.29 is 13.2 Å². The second kappa shape index (κ2) is 6.09. The summed E-state index contributed by atoms with van der Waals surface area (Å²) < 4.78 is 22.6. The van der Waals surface area contributed by atoms with E-state index in [2.05, 4.69) is 10.6 Å². The van der Waals surface area contributed by atoms with Gasteiger partial charge in [-0.3, -0.25) is 4.79 Å². The van der Waals surface area contributed by atoms with E-state index in [0.29, 0.717) is 5.56 Å². The van der Waals surface area contributed by atoms with Crippen molar-refractivity contribution in [3.8, 4) is 0 Å². The molecule has 0 saturated carbocycles. The molecule has 0 fully saturated rings. The fraction of sp³-hybridized carbons (Fsp3) is 0.357. The number of hydrogen-bond donors (Lipinski definition) is 2. The van der Waals surface area contributed by atoms with Crippen LogP contribution in [0, 0.1) is 0 Å².